The molecule has 1 saturated heterocycles. The maximum Gasteiger partial charge on any atom is 0.151 e. The summed E-state index contributed by atoms with van der Waals surface area (Å²) in [5.41, 5.74) is 2.69. The molecule has 0 amide bonds. The van der Waals surface area contributed by atoms with E-state index in [4.69, 9.17) is 20.9 Å². The summed E-state index contributed by atoms with van der Waals surface area (Å²) in [7, 11) is 0. The largest absolute Gasteiger partial charge is 0.492 e. The van der Waals surface area contributed by atoms with Gasteiger partial charge >= 0.3 is 0 Å². The standard InChI is InChI=1S/C22H25ClN4O2/c1-17-14-18(23)5-6-22(17)28-13-12-26-8-10-27(11-9-26)16-19-15-21(25-29-19)20-4-2-3-7-24-20/h2-7,14-15H,8-13,16H2,1H3. The van der Waals surface area contributed by atoms with Crippen LogP contribution in [0, 0.1) is 6.92 Å². The van der Waals surface area contributed by atoms with Crippen molar-refractivity contribution in [3.8, 4) is 17.1 Å². The molecule has 6 nitrogen and oxygen atoms in total. The summed E-state index contributed by atoms with van der Waals surface area (Å²) in [5.74, 6) is 1.78. The van der Waals surface area contributed by atoms with E-state index in [1.165, 1.54) is 0 Å². The van der Waals surface area contributed by atoms with Crippen LogP contribution in [0.3, 0.4) is 0 Å². The summed E-state index contributed by atoms with van der Waals surface area (Å²) >= 11 is 5.99. The molecule has 29 heavy (non-hydrogen) atoms. The van der Waals surface area contributed by atoms with Crippen molar-refractivity contribution in [1.82, 2.24) is 19.9 Å². The second-order valence-corrected chi connectivity index (χ2v) is 7.71. The Morgan fingerprint density at radius 1 is 1.03 bits per heavy atom. The van der Waals surface area contributed by atoms with E-state index < -0.39 is 0 Å². The number of benzene rings is 1. The number of hydrogen-bond donors (Lipinski definition) is 0. The molecule has 0 atom stereocenters. The molecule has 0 spiro atoms. The minimum atomic E-state index is 0.679. The van der Waals surface area contributed by atoms with E-state index in [0.29, 0.717) is 6.61 Å². The number of hydrogen-bond acceptors (Lipinski definition) is 6. The number of aryl methyl sites for hydroxylation is 1. The van der Waals surface area contributed by atoms with Gasteiger partial charge in [0.15, 0.2) is 5.76 Å². The fraction of sp³-hybridized carbons (Fsp3) is 0.364. The highest BCUT2D eigenvalue weighted by Gasteiger charge is 2.19. The Labute approximate surface area is 176 Å². The molecular weight excluding hydrogens is 388 g/mol. The predicted octanol–water partition coefficient (Wildman–Crippen LogP) is 3.90. The van der Waals surface area contributed by atoms with E-state index in [2.05, 4.69) is 19.9 Å². The topological polar surface area (TPSA) is 54.6 Å². The van der Waals surface area contributed by atoms with Crippen molar-refractivity contribution in [2.75, 3.05) is 39.3 Å². The average Bonchev–Trinajstić information content (AvgIpc) is 3.20. The van der Waals surface area contributed by atoms with E-state index in [1.807, 2.05) is 49.4 Å². The lowest BCUT2D eigenvalue weighted by molar-refractivity contribution is 0.105. The molecule has 3 heterocycles. The predicted molar refractivity (Wildman–Crippen MR) is 113 cm³/mol. The molecule has 0 saturated carbocycles. The van der Waals surface area contributed by atoms with Gasteiger partial charge in [0, 0.05) is 50.0 Å². The van der Waals surface area contributed by atoms with Gasteiger partial charge in [0.25, 0.3) is 0 Å². The van der Waals surface area contributed by atoms with E-state index in [9.17, 15) is 0 Å². The third-order valence-corrected chi connectivity index (χ3v) is 5.37. The van der Waals surface area contributed by atoms with Crippen molar-refractivity contribution in [3.05, 3.63) is 65.0 Å². The van der Waals surface area contributed by atoms with Gasteiger partial charge < -0.3 is 9.26 Å². The quantitative estimate of drug-likeness (QED) is 0.586. The van der Waals surface area contributed by atoms with Crippen molar-refractivity contribution in [2.45, 2.75) is 13.5 Å². The molecular formula is C22H25ClN4O2. The summed E-state index contributed by atoms with van der Waals surface area (Å²) in [5, 5.41) is 4.89. The summed E-state index contributed by atoms with van der Waals surface area (Å²) in [6.45, 7) is 8.42. The highest BCUT2D eigenvalue weighted by atomic mass is 35.5. The van der Waals surface area contributed by atoms with Crippen LogP contribution < -0.4 is 4.74 Å². The molecule has 1 fully saturated rings. The monoisotopic (exact) mass is 412 g/mol. The Morgan fingerprint density at radius 3 is 2.62 bits per heavy atom. The van der Waals surface area contributed by atoms with Crippen LogP contribution in [-0.4, -0.2) is 59.3 Å². The van der Waals surface area contributed by atoms with Crippen LogP contribution in [0.4, 0.5) is 0 Å². The molecule has 0 bridgehead atoms. The molecule has 3 aromatic rings. The normalized spacial score (nSPS) is 15.5. The summed E-state index contributed by atoms with van der Waals surface area (Å²) in [6, 6.07) is 13.5. The van der Waals surface area contributed by atoms with E-state index in [0.717, 1.165) is 72.8 Å². The summed E-state index contributed by atoms with van der Waals surface area (Å²) < 4.78 is 11.4. The van der Waals surface area contributed by atoms with Crippen LogP contribution in [0.15, 0.2) is 53.2 Å². The minimum absolute atomic E-state index is 0.679. The first-order chi connectivity index (χ1) is 14.2. The van der Waals surface area contributed by atoms with Crippen molar-refractivity contribution < 1.29 is 9.26 Å². The average molecular weight is 413 g/mol. The number of ether oxygens (including phenoxy) is 1. The second-order valence-electron chi connectivity index (χ2n) is 7.27. The zero-order valence-corrected chi connectivity index (χ0v) is 17.3. The number of aromatic nitrogens is 2. The third-order valence-electron chi connectivity index (χ3n) is 5.13. The van der Waals surface area contributed by atoms with Gasteiger partial charge in [0.2, 0.25) is 0 Å². The van der Waals surface area contributed by atoms with Gasteiger partial charge in [-0.3, -0.25) is 14.8 Å². The lowest BCUT2D eigenvalue weighted by Gasteiger charge is -2.34. The molecule has 1 aromatic carbocycles. The Balaban J connectivity index is 1.20. The van der Waals surface area contributed by atoms with E-state index in [-0.39, 0.29) is 0 Å². The summed E-state index contributed by atoms with van der Waals surface area (Å²) in [4.78, 5) is 9.14. The van der Waals surface area contributed by atoms with Gasteiger partial charge in [-0.2, -0.15) is 0 Å². The maximum absolute atomic E-state index is 5.99. The zero-order valence-electron chi connectivity index (χ0n) is 16.6. The number of rotatable bonds is 7. The molecule has 7 heteroatoms. The molecule has 0 N–H and O–H groups in total. The summed E-state index contributed by atoms with van der Waals surface area (Å²) in [6.07, 6.45) is 1.76. The number of halogens is 1. The highest BCUT2D eigenvalue weighted by Crippen LogP contribution is 2.22. The minimum Gasteiger partial charge on any atom is -0.492 e. The molecule has 4 rings (SSSR count). The van der Waals surface area contributed by atoms with Gasteiger partial charge in [0.05, 0.1) is 12.2 Å². The Morgan fingerprint density at radius 2 is 1.86 bits per heavy atom. The molecule has 1 aliphatic heterocycles. The number of pyridine rings is 1. The van der Waals surface area contributed by atoms with Gasteiger partial charge in [0.1, 0.15) is 18.1 Å². The van der Waals surface area contributed by atoms with E-state index in [1.54, 1.807) is 6.20 Å². The Bertz CT molecular complexity index is 924. The van der Waals surface area contributed by atoms with Gasteiger partial charge in [-0.25, -0.2) is 0 Å². The molecule has 0 unspecified atom stereocenters. The van der Waals surface area contributed by atoms with Crippen molar-refractivity contribution in [3.63, 3.8) is 0 Å². The lowest BCUT2D eigenvalue weighted by atomic mass is 10.2. The lowest BCUT2D eigenvalue weighted by Crippen LogP contribution is -2.46. The molecule has 0 radical (unpaired) electrons. The van der Waals surface area contributed by atoms with Crippen molar-refractivity contribution in [1.29, 1.82) is 0 Å². The van der Waals surface area contributed by atoms with Crippen LogP contribution in [0.25, 0.3) is 11.4 Å². The highest BCUT2D eigenvalue weighted by molar-refractivity contribution is 6.30. The molecule has 2 aromatic heterocycles. The Kier molecular flexibility index (Phi) is 6.44. The first-order valence-corrected chi connectivity index (χ1v) is 10.3. The molecule has 1 aliphatic rings. The first-order valence-electron chi connectivity index (χ1n) is 9.88. The van der Waals surface area contributed by atoms with Crippen LogP contribution in [0.5, 0.6) is 5.75 Å². The Hall–Kier alpha value is -2.41. The fourth-order valence-corrected chi connectivity index (χ4v) is 3.70. The van der Waals surface area contributed by atoms with Crippen LogP contribution in [0.2, 0.25) is 5.02 Å². The van der Waals surface area contributed by atoms with Gasteiger partial charge in [-0.1, -0.05) is 22.8 Å². The molecule has 0 aliphatic carbocycles. The number of nitrogens with zero attached hydrogens (tertiary/aromatic N) is 4. The second kappa shape index (κ2) is 9.39. The molecule has 152 valence electrons. The van der Waals surface area contributed by atoms with E-state index >= 15 is 0 Å². The van der Waals surface area contributed by atoms with Crippen LogP contribution in [-0.2, 0) is 6.54 Å². The van der Waals surface area contributed by atoms with Crippen LogP contribution in [0.1, 0.15) is 11.3 Å². The first kappa shape index (κ1) is 19.9. The fourth-order valence-electron chi connectivity index (χ4n) is 3.47. The zero-order chi connectivity index (χ0) is 20.1. The van der Waals surface area contributed by atoms with Crippen molar-refractivity contribution in [2.24, 2.45) is 0 Å². The van der Waals surface area contributed by atoms with Crippen LogP contribution >= 0.6 is 11.6 Å². The third kappa shape index (κ3) is 5.35. The number of piperazine rings is 1. The van der Waals surface area contributed by atoms with Gasteiger partial charge in [-0.05, 0) is 42.8 Å². The van der Waals surface area contributed by atoms with Gasteiger partial charge in [-0.15, -0.1) is 0 Å². The van der Waals surface area contributed by atoms with Crippen molar-refractivity contribution >= 4 is 11.6 Å². The maximum atomic E-state index is 5.99. The SMILES string of the molecule is Cc1cc(Cl)ccc1OCCN1CCN(Cc2cc(-c3ccccn3)no2)CC1. The smallest absolute Gasteiger partial charge is 0.151 e.